The van der Waals surface area contributed by atoms with E-state index in [1.54, 1.807) is 17.8 Å². The summed E-state index contributed by atoms with van der Waals surface area (Å²) in [6.07, 6.45) is 0.336. The molecule has 0 amide bonds. The van der Waals surface area contributed by atoms with E-state index in [1.165, 1.54) is 11.6 Å². The molecule has 0 aromatic heterocycles. The van der Waals surface area contributed by atoms with Crippen molar-refractivity contribution in [2.75, 3.05) is 5.75 Å². The maximum absolute atomic E-state index is 13.5. The molecule has 2 aromatic carbocycles. The number of halogens is 2. The summed E-state index contributed by atoms with van der Waals surface area (Å²) in [5, 5.41) is 0. The Kier molecular flexibility index (Phi) is 5.15. The second-order valence-corrected chi connectivity index (χ2v) is 5.89. The Morgan fingerprint density at radius 2 is 1.80 bits per heavy atom. The van der Waals surface area contributed by atoms with Crippen molar-refractivity contribution in [2.24, 2.45) is 5.73 Å². The fraction of sp³-hybridized carbons (Fsp3) is 0.250. The van der Waals surface area contributed by atoms with Crippen LogP contribution in [-0.4, -0.2) is 11.8 Å². The lowest BCUT2D eigenvalue weighted by Gasteiger charge is -2.12. The molecule has 0 radical (unpaired) electrons. The Bertz CT molecular complexity index is 569. The lowest BCUT2D eigenvalue weighted by atomic mass is 10.1. The highest BCUT2D eigenvalue weighted by molar-refractivity contribution is 7.99. The van der Waals surface area contributed by atoms with Gasteiger partial charge >= 0.3 is 0 Å². The molecule has 2 rings (SSSR count). The second kappa shape index (κ2) is 6.86. The quantitative estimate of drug-likeness (QED) is 0.845. The van der Waals surface area contributed by atoms with Gasteiger partial charge in [-0.2, -0.15) is 0 Å². The third kappa shape index (κ3) is 4.05. The van der Waals surface area contributed by atoms with E-state index in [2.05, 4.69) is 0 Å². The van der Waals surface area contributed by atoms with E-state index in [0.29, 0.717) is 17.7 Å². The smallest absolute Gasteiger partial charge is 0.162 e. The van der Waals surface area contributed by atoms with Crippen molar-refractivity contribution >= 4 is 11.8 Å². The molecule has 0 saturated heterocycles. The van der Waals surface area contributed by atoms with E-state index in [9.17, 15) is 8.78 Å². The highest BCUT2D eigenvalue weighted by Crippen LogP contribution is 2.20. The summed E-state index contributed by atoms with van der Waals surface area (Å²) in [6.45, 7) is 2.03. The summed E-state index contributed by atoms with van der Waals surface area (Å²) >= 11 is 1.63. The minimum absolute atomic E-state index is 0.211. The molecule has 0 spiro atoms. The van der Waals surface area contributed by atoms with Crippen molar-refractivity contribution < 1.29 is 8.78 Å². The third-order valence-corrected chi connectivity index (χ3v) is 4.20. The van der Waals surface area contributed by atoms with Crippen LogP contribution < -0.4 is 5.73 Å². The first-order chi connectivity index (χ1) is 9.56. The van der Waals surface area contributed by atoms with Crippen LogP contribution in [0.3, 0.4) is 0 Å². The molecular weight excluding hydrogens is 276 g/mol. The lowest BCUT2D eigenvalue weighted by molar-refractivity contribution is 0.495. The van der Waals surface area contributed by atoms with E-state index in [4.69, 9.17) is 5.73 Å². The van der Waals surface area contributed by atoms with E-state index < -0.39 is 11.6 Å². The van der Waals surface area contributed by atoms with Gasteiger partial charge < -0.3 is 5.73 Å². The maximum atomic E-state index is 13.5. The summed E-state index contributed by atoms with van der Waals surface area (Å²) < 4.78 is 26.6. The van der Waals surface area contributed by atoms with Gasteiger partial charge in [0.25, 0.3) is 0 Å². The minimum Gasteiger partial charge on any atom is -0.327 e. The highest BCUT2D eigenvalue weighted by atomic mass is 32.2. The molecule has 1 unspecified atom stereocenters. The monoisotopic (exact) mass is 293 g/mol. The van der Waals surface area contributed by atoms with Gasteiger partial charge in [0, 0.05) is 16.7 Å². The van der Waals surface area contributed by atoms with Crippen molar-refractivity contribution in [3.8, 4) is 0 Å². The molecule has 1 nitrogen and oxygen atoms in total. The van der Waals surface area contributed by atoms with Gasteiger partial charge in [0.05, 0.1) is 0 Å². The number of aryl methyl sites for hydroxylation is 1. The average Bonchev–Trinajstić information content (AvgIpc) is 2.43. The molecule has 1 atom stereocenters. The Labute approximate surface area is 122 Å². The minimum atomic E-state index is -0.819. The van der Waals surface area contributed by atoms with Crippen LogP contribution in [0, 0.1) is 18.6 Å². The van der Waals surface area contributed by atoms with Crippen LogP contribution >= 0.6 is 11.8 Å². The van der Waals surface area contributed by atoms with Gasteiger partial charge in [-0.3, -0.25) is 0 Å². The molecule has 0 aliphatic rings. The topological polar surface area (TPSA) is 26.0 Å². The van der Waals surface area contributed by atoms with E-state index in [0.717, 1.165) is 11.0 Å². The molecule has 2 N–H and O–H groups in total. The summed E-state index contributed by atoms with van der Waals surface area (Å²) in [7, 11) is 0. The van der Waals surface area contributed by atoms with Gasteiger partial charge in [-0.25, -0.2) is 8.78 Å². The summed E-state index contributed by atoms with van der Waals surface area (Å²) in [4.78, 5) is 1.13. The first-order valence-electron chi connectivity index (χ1n) is 6.44. The molecule has 4 heteroatoms. The lowest BCUT2D eigenvalue weighted by Crippen LogP contribution is -2.26. The van der Waals surface area contributed by atoms with Crippen molar-refractivity contribution in [1.82, 2.24) is 0 Å². The first kappa shape index (κ1) is 15.0. The van der Waals surface area contributed by atoms with Crippen LogP contribution in [0.1, 0.15) is 11.1 Å². The largest absolute Gasteiger partial charge is 0.327 e. The molecule has 0 fully saturated rings. The Morgan fingerprint density at radius 1 is 1.10 bits per heavy atom. The molecule has 2 aromatic rings. The summed E-state index contributed by atoms with van der Waals surface area (Å²) in [5.74, 6) is -0.942. The van der Waals surface area contributed by atoms with Gasteiger partial charge in [0.15, 0.2) is 11.6 Å². The number of hydrogen-bond donors (Lipinski definition) is 1. The normalized spacial score (nSPS) is 12.4. The van der Waals surface area contributed by atoms with Gasteiger partial charge in [-0.1, -0.05) is 29.8 Å². The molecule has 0 heterocycles. The molecule has 0 aliphatic heterocycles. The Balaban J connectivity index is 1.91. The second-order valence-electron chi connectivity index (χ2n) is 4.80. The average molecular weight is 293 g/mol. The van der Waals surface area contributed by atoms with Crippen molar-refractivity contribution in [3.63, 3.8) is 0 Å². The Hall–Kier alpha value is -1.39. The fourth-order valence-corrected chi connectivity index (χ4v) is 2.74. The van der Waals surface area contributed by atoms with Crippen LogP contribution in [0.4, 0.5) is 8.78 Å². The number of hydrogen-bond acceptors (Lipinski definition) is 2. The number of nitrogens with two attached hydrogens (primary N) is 1. The SMILES string of the molecule is Cc1ccc(SCC(N)Cc2cccc(F)c2F)cc1. The van der Waals surface area contributed by atoms with Crippen molar-refractivity contribution in [2.45, 2.75) is 24.3 Å². The molecule has 20 heavy (non-hydrogen) atoms. The van der Waals surface area contributed by atoms with E-state index >= 15 is 0 Å². The predicted octanol–water partition coefficient (Wildman–Crippen LogP) is 3.94. The van der Waals surface area contributed by atoms with Crippen LogP contribution in [0.2, 0.25) is 0 Å². The van der Waals surface area contributed by atoms with E-state index in [-0.39, 0.29) is 6.04 Å². The molecule has 0 bridgehead atoms. The number of benzene rings is 2. The van der Waals surface area contributed by atoms with Crippen LogP contribution in [-0.2, 0) is 6.42 Å². The molecule has 0 aliphatic carbocycles. The molecular formula is C16H17F2NS. The summed E-state index contributed by atoms with van der Waals surface area (Å²) in [5.41, 5.74) is 7.54. The zero-order valence-corrected chi connectivity index (χ0v) is 12.1. The zero-order valence-electron chi connectivity index (χ0n) is 11.3. The van der Waals surface area contributed by atoms with Gasteiger partial charge in [0.1, 0.15) is 0 Å². The van der Waals surface area contributed by atoms with Crippen LogP contribution in [0.15, 0.2) is 47.4 Å². The van der Waals surface area contributed by atoms with Crippen molar-refractivity contribution in [3.05, 3.63) is 65.2 Å². The molecule has 0 saturated carbocycles. The molecule has 106 valence electrons. The van der Waals surface area contributed by atoms with Crippen molar-refractivity contribution in [1.29, 1.82) is 0 Å². The maximum Gasteiger partial charge on any atom is 0.162 e. The standard InChI is InChI=1S/C16H17F2NS/c1-11-5-7-14(8-6-11)20-10-13(19)9-12-3-2-4-15(17)16(12)18/h2-8,13H,9-10,19H2,1H3. The fourth-order valence-electron chi connectivity index (χ4n) is 1.89. The first-order valence-corrected chi connectivity index (χ1v) is 7.43. The van der Waals surface area contributed by atoms with E-state index in [1.807, 2.05) is 31.2 Å². The number of thioether (sulfide) groups is 1. The van der Waals surface area contributed by atoms with Gasteiger partial charge in [0.2, 0.25) is 0 Å². The highest BCUT2D eigenvalue weighted by Gasteiger charge is 2.11. The third-order valence-electron chi connectivity index (χ3n) is 3.00. The predicted molar refractivity (Wildman–Crippen MR) is 79.9 cm³/mol. The van der Waals surface area contributed by atoms with Crippen LogP contribution in [0.5, 0.6) is 0 Å². The van der Waals surface area contributed by atoms with Gasteiger partial charge in [-0.05, 0) is 37.1 Å². The number of rotatable bonds is 5. The Morgan fingerprint density at radius 3 is 2.50 bits per heavy atom. The van der Waals surface area contributed by atoms with Gasteiger partial charge in [-0.15, -0.1) is 11.8 Å². The zero-order chi connectivity index (χ0) is 14.5. The van der Waals surface area contributed by atoms with Crippen LogP contribution in [0.25, 0.3) is 0 Å². The summed E-state index contributed by atoms with van der Waals surface area (Å²) in [6, 6.07) is 12.1.